The molecule has 3 rings (SSSR count). The molecule has 6 heteroatoms. The van der Waals surface area contributed by atoms with E-state index in [1.165, 1.54) is 11.3 Å². The molecule has 1 aliphatic rings. The minimum Gasteiger partial charge on any atom is -0.294 e. The van der Waals surface area contributed by atoms with Gasteiger partial charge in [0.2, 0.25) is 0 Å². The molecule has 0 spiro atoms. The minimum atomic E-state index is 0.0178. The maximum Gasteiger partial charge on any atom is 0.330 e. The number of aryl methyl sites for hydroxylation is 1. The van der Waals surface area contributed by atoms with Crippen LogP contribution in [0.25, 0.3) is 0 Å². The highest BCUT2D eigenvalue weighted by Crippen LogP contribution is 2.27. The average molecular weight is 366 g/mol. The van der Waals surface area contributed by atoms with Gasteiger partial charge >= 0.3 is 6.03 Å². The van der Waals surface area contributed by atoms with Crippen LogP contribution in [0.2, 0.25) is 0 Å². The van der Waals surface area contributed by atoms with E-state index in [0.717, 1.165) is 46.9 Å². The van der Waals surface area contributed by atoms with E-state index in [9.17, 15) is 4.79 Å². The van der Waals surface area contributed by atoms with Crippen molar-refractivity contribution in [2.45, 2.75) is 19.8 Å². The third-order valence-electron chi connectivity index (χ3n) is 3.45. The van der Waals surface area contributed by atoms with E-state index in [0.29, 0.717) is 0 Å². The molecule has 1 aliphatic heterocycles. The van der Waals surface area contributed by atoms with Crippen molar-refractivity contribution in [2.24, 2.45) is 0 Å². The zero-order valence-electron chi connectivity index (χ0n) is 11.8. The number of amides is 2. The Hall–Kier alpha value is -1.40. The van der Waals surface area contributed by atoms with Gasteiger partial charge < -0.3 is 0 Å². The van der Waals surface area contributed by atoms with Crippen molar-refractivity contribution in [3.8, 4) is 0 Å². The van der Waals surface area contributed by atoms with Crippen molar-refractivity contribution in [2.75, 3.05) is 22.9 Å². The highest BCUT2D eigenvalue weighted by Gasteiger charge is 2.27. The molecule has 0 unspecified atom stereocenters. The van der Waals surface area contributed by atoms with Crippen molar-refractivity contribution in [1.82, 2.24) is 4.98 Å². The Morgan fingerprint density at radius 3 is 2.43 bits per heavy atom. The molecule has 0 atom stereocenters. The molecule has 0 radical (unpaired) electrons. The first-order valence-corrected chi connectivity index (χ1v) is 8.59. The number of thiazole rings is 1. The molecule has 0 bridgehead atoms. The number of nitrogens with zero attached hydrogens (tertiary/aromatic N) is 3. The summed E-state index contributed by atoms with van der Waals surface area (Å²) in [5.74, 6) is 0. The topological polar surface area (TPSA) is 36.4 Å². The maximum absolute atomic E-state index is 12.8. The summed E-state index contributed by atoms with van der Waals surface area (Å²) >= 11 is 4.96. The number of hydrogen-bond donors (Lipinski definition) is 0. The van der Waals surface area contributed by atoms with E-state index in [2.05, 4.69) is 20.9 Å². The molecule has 4 nitrogen and oxygen atoms in total. The Bertz CT molecular complexity index is 641. The van der Waals surface area contributed by atoms with Crippen LogP contribution in [0, 0.1) is 6.92 Å². The zero-order valence-corrected chi connectivity index (χ0v) is 14.2. The summed E-state index contributed by atoms with van der Waals surface area (Å²) in [7, 11) is 0. The Morgan fingerprint density at radius 1 is 1.14 bits per heavy atom. The molecule has 0 aliphatic carbocycles. The molecule has 2 amide bonds. The fourth-order valence-electron chi connectivity index (χ4n) is 2.38. The van der Waals surface area contributed by atoms with Crippen LogP contribution in [-0.4, -0.2) is 24.1 Å². The highest BCUT2D eigenvalue weighted by molar-refractivity contribution is 9.10. The molecule has 110 valence electrons. The van der Waals surface area contributed by atoms with Crippen LogP contribution in [0.15, 0.2) is 34.1 Å². The van der Waals surface area contributed by atoms with Crippen LogP contribution in [-0.2, 0) is 0 Å². The van der Waals surface area contributed by atoms with E-state index >= 15 is 0 Å². The molecular weight excluding hydrogens is 350 g/mol. The highest BCUT2D eigenvalue weighted by atomic mass is 79.9. The molecule has 1 fully saturated rings. The summed E-state index contributed by atoms with van der Waals surface area (Å²) in [6.45, 7) is 3.44. The van der Waals surface area contributed by atoms with Gasteiger partial charge in [-0.25, -0.2) is 9.78 Å². The lowest BCUT2D eigenvalue weighted by molar-refractivity contribution is 0.252. The second-order valence-corrected chi connectivity index (χ2v) is 6.79. The van der Waals surface area contributed by atoms with Crippen LogP contribution in [0.4, 0.5) is 15.6 Å². The smallest absolute Gasteiger partial charge is 0.294 e. The van der Waals surface area contributed by atoms with E-state index in [4.69, 9.17) is 0 Å². The zero-order chi connectivity index (χ0) is 14.8. The van der Waals surface area contributed by atoms with E-state index < -0.39 is 0 Å². The number of benzene rings is 1. The number of rotatable bonds is 2. The summed E-state index contributed by atoms with van der Waals surface area (Å²) < 4.78 is 1.01. The van der Waals surface area contributed by atoms with E-state index in [-0.39, 0.29) is 6.03 Å². The number of urea groups is 1. The third kappa shape index (κ3) is 3.11. The number of halogens is 1. The lowest BCUT2D eigenvalue weighted by Gasteiger charge is -2.26. The minimum absolute atomic E-state index is 0.0178. The van der Waals surface area contributed by atoms with Crippen LogP contribution in [0.3, 0.4) is 0 Å². The second kappa shape index (κ2) is 6.15. The van der Waals surface area contributed by atoms with Crippen LogP contribution < -0.4 is 9.80 Å². The summed E-state index contributed by atoms with van der Waals surface area (Å²) in [5.41, 5.74) is 1.89. The third-order valence-corrected chi connectivity index (χ3v) is 4.96. The van der Waals surface area contributed by atoms with Gasteiger partial charge in [-0.3, -0.25) is 9.80 Å². The van der Waals surface area contributed by atoms with Gasteiger partial charge in [0.25, 0.3) is 0 Å². The summed E-state index contributed by atoms with van der Waals surface area (Å²) in [6.07, 6.45) is 2.00. The normalized spacial score (nSPS) is 16.2. The number of anilines is 2. The molecule has 21 heavy (non-hydrogen) atoms. The summed E-state index contributed by atoms with van der Waals surface area (Å²) in [4.78, 5) is 20.9. The Labute approximate surface area is 136 Å². The second-order valence-electron chi connectivity index (χ2n) is 5.04. The lowest BCUT2D eigenvalue weighted by atomic mass is 10.2. The van der Waals surface area contributed by atoms with Crippen LogP contribution >= 0.6 is 27.3 Å². The monoisotopic (exact) mass is 365 g/mol. The van der Waals surface area contributed by atoms with Gasteiger partial charge in [0, 0.05) is 28.6 Å². The lowest BCUT2D eigenvalue weighted by Crippen LogP contribution is -2.42. The van der Waals surface area contributed by atoms with Gasteiger partial charge in [-0.2, -0.15) is 0 Å². The number of hydrogen-bond acceptors (Lipinski definition) is 3. The fourth-order valence-corrected chi connectivity index (χ4v) is 3.47. The molecule has 1 aromatic carbocycles. The number of carbonyl (C=O) groups excluding carboxylic acids is 1. The van der Waals surface area contributed by atoms with Crippen molar-refractivity contribution in [3.63, 3.8) is 0 Å². The maximum atomic E-state index is 12.8. The molecule has 2 aromatic rings. The summed E-state index contributed by atoms with van der Waals surface area (Å²) in [6, 6.07) is 7.89. The number of carbonyl (C=O) groups is 1. The predicted molar refractivity (Wildman–Crippen MR) is 90.3 cm³/mol. The molecule has 0 saturated carbocycles. The van der Waals surface area contributed by atoms with Gasteiger partial charge in [-0.05, 0) is 44.0 Å². The molecule has 2 heterocycles. The van der Waals surface area contributed by atoms with Gasteiger partial charge in [0.1, 0.15) is 0 Å². The van der Waals surface area contributed by atoms with Gasteiger partial charge in [0.05, 0.1) is 5.69 Å². The predicted octanol–water partition coefficient (Wildman–Crippen LogP) is 4.44. The van der Waals surface area contributed by atoms with Crippen molar-refractivity contribution < 1.29 is 4.79 Å². The van der Waals surface area contributed by atoms with Crippen molar-refractivity contribution in [3.05, 3.63) is 39.8 Å². The van der Waals surface area contributed by atoms with Crippen molar-refractivity contribution in [1.29, 1.82) is 0 Å². The first kappa shape index (κ1) is 14.5. The van der Waals surface area contributed by atoms with Gasteiger partial charge in [-0.15, -0.1) is 11.3 Å². The molecule has 1 aromatic heterocycles. The van der Waals surface area contributed by atoms with E-state index in [1.54, 1.807) is 4.90 Å². The Morgan fingerprint density at radius 2 is 1.81 bits per heavy atom. The molecule has 0 N–H and O–H groups in total. The first-order valence-electron chi connectivity index (χ1n) is 6.92. The Balaban J connectivity index is 1.90. The standard InChI is InChI=1S/C15H16BrN3OS/c1-11-10-21-14(17-11)19-9-3-2-8-18(15(19)20)13-6-4-12(16)5-7-13/h4-7,10H,2-3,8-9H2,1H3. The molecular formula is C15H16BrN3OS. The Kier molecular flexibility index (Phi) is 4.26. The largest absolute Gasteiger partial charge is 0.330 e. The van der Waals surface area contributed by atoms with Crippen molar-refractivity contribution >= 4 is 44.1 Å². The number of aromatic nitrogens is 1. The van der Waals surface area contributed by atoms with Gasteiger partial charge in [-0.1, -0.05) is 15.9 Å². The van der Waals surface area contributed by atoms with E-state index in [1.807, 2.05) is 41.5 Å². The average Bonchev–Trinajstić information content (AvgIpc) is 2.80. The quantitative estimate of drug-likeness (QED) is 0.788. The van der Waals surface area contributed by atoms with Crippen LogP contribution in [0.5, 0.6) is 0 Å². The fraction of sp³-hybridized carbons (Fsp3) is 0.333. The van der Waals surface area contributed by atoms with Crippen LogP contribution in [0.1, 0.15) is 18.5 Å². The SMILES string of the molecule is Cc1csc(N2CCCCN(c3ccc(Br)cc3)C2=O)n1. The summed E-state index contributed by atoms with van der Waals surface area (Å²) in [5, 5.41) is 2.78. The molecule has 1 saturated heterocycles. The van der Waals surface area contributed by atoms with Gasteiger partial charge in [0.15, 0.2) is 5.13 Å². The first-order chi connectivity index (χ1) is 10.1.